The zero-order valence-corrected chi connectivity index (χ0v) is 18.0. The number of carbonyl (C=O) groups is 1. The van der Waals surface area contributed by atoms with Gasteiger partial charge in [-0.3, -0.25) is 9.69 Å². The molecule has 1 amide bonds. The fourth-order valence-electron chi connectivity index (χ4n) is 2.89. The van der Waals surface area contributed by atoms with Crippen molar-refractivity contribution in [1.82, 2.24) is 4.90 Å². The first-order chi connectivity index (χ1) is 14.0. The predicted molar refractivity (Wildman–Crippen MR) is 123 cm³/mol. The molecule has 0 N–H and O–H groups in total. The molecule has 1 aromatic heterocycles. The highest BCUT2D eigenvalue weighted by Gasteiger charge is 2.30. The van der Waals surface area contributed by atoms with Gasteiger partial charge < -0.3 is 4.74 Å². The van der Waals surface area contributed by atoms with E-state index >= 15 is 0 Å². The molecule has 4 rings (SSSR count). The number of hydrogen-bond donors (Lipinski definition) is 0. The molecule has 2 heterocycles. The maximum atomic E-state index is 12.7. The second-order valence-corrected chi connectivity index (χ2v) is 8.63. The highest BCUT2D eigenvalue weighted by molar-refractivity contribution is 8.18. The maximum Gasteiger partial charge on any atom is 0.266 e. The van der Waals surface area contributed by atoms with Crippen molar-refractivity contribution in [2.75, 3.05) is 14.2 Å². The molecule has 146 valence electrons. The largest absolute Gasteiger partial charge is 0.497 e. The summed E-state index contributed by atoms with van der Waals surface area (Å²) in [5.74, 6) is 0.797. The van der Waals surface area contributed by atoms with Crippen molar-refractivity contribution in [2.45, 2.75) is 6.92 Å². The van der Waals surface area contributed by atoms with Gasteiger partial charge in [0.25, 0.3) is 5.91 Å². The van der Waals surface area contributed by atoms with Gasteiger partial charge in [0.2, 0.25) is 0 Å². The smallest absolute Gasteiger partial charge is 0.266 e. The minimum atomic E-state index is -0.0304. The van der Waals surface area contributed by atoms with Crippen molar-refractivity contribution in [1.29, 1.82) is 0 Å². The van der Waals surface area contributed by atoms with E-state index in [1.165, 1.54) is 17.3 Å². The van der Waals surface area contributed by atoms with Crippen molar-refractivity contribution >= 4 is 45.9 Å². The number of thioether (sulfide) groups is 1. The summed E-state index contributed by atoms with van der Waals surface area (Å²) in [7, 11) is 3.43. The van der Waals surface area contributed by atoms with E-state index in [1.807, 2.05) is 55.5 Å². The number of nitrogens with zero attached hydrogens (tertiary/aromatic N) is 2. The SMILES string of the molecule is COc1cccc(-c2csc(/C=C3\SC(=Nc4ccc(C)cc4)N(C)C3=O)c2)c1. The first-order valence-electron chi connectivity index (χ1n) is 9.09. The van der Waals surface area contributed by atoms with Crippen LogP contribution in [0.5, 0.6) is 5.75 Å². The molecule has 0 aliphatic carbocycles. The highest BCUT2D eigenvalue weighted by atomic mass is 32.2. The average Bonchev–Trinajstić information content (AvgIpc) is 3.31. The van der Waals surface area contributed by atoms with Crippen LogP contribution in [0.3, 0.4) is 0 Å². The Labute approximate surface area is 178 Å². The summed E-state index contributed by atoms with van der Waals surface area (Å²) in [5.41, 5.74) is 4.23. The van der Waals surface area contributed by atoms with Gasteiger partial charge in [-0.05, 0) is 71.6 Å². The molecule has 3 aromatic rings. The number of amidine groups is 1. The molecule has 0 radical (unpaired) electrons. The summed E-state index contributed by atoms with van der Waals surface area (Å²) < 4.78 is 5.31. The molecule has 29 heavy (non-hydrogen) atoms. The van der Waals surface area contributed by atoms with Crippen LogP contribution in [0.4, 0.5) is 5.69 Å². The van der Waals surface area contributed by atoms with Crippen LogP contribution in [-0.2, 0) is 4.79 Å². The van der Waals surface area contributed by atoms with E-state index in [0.29, 0.717) is 10.1 Å². The lowest BCUT2D eigenvalue weighted by Crippen LogP contribution is -2.23. The van der Waals surface area contributed by atoms with Gasteiger partial charge >= 0.3 is 0 Å². The fraction of sp³-hybridized carbons (Fsp3) is 0.130. The van der Waals surface area contributed by atoms with Crippen LogP contribution in [0, 0.1) is 6.92 Å². The van der Waals surface area contributed by atoms with Crippen molar-refractivity contribution in [3.05, 3.63) is 75.3 Å². The van der Waals surface area contributed by atoms with Gasteiger partial charge in [-0.1, -0.05) is 29.8 Å². The number of benzene rings is 2. The third-order valence-corrected chi connectivity index (χ3v) is 6.50. The molecule has 0 saturated carbocycles. The van der Waals surface area contributed by atoms with Gasteiger partial charge in [0.15, 0.2) is 5.17 Å². The van der Waals surface area contributed by atoms with E-state index in [-0.39, 0.29) is 5.91 Å². The Morgan fingerprint density at radius 2 is 1.86 bits per heavy atom. The van der Waals surface area contributed by atoms with Gasteiger partial charge in [0.1, 0.15) is 5.75 Å². The molecular weight excluding hydrogens is 400 g/mol. The molecule has 0 atom stereocenters. The van der Waals surface area contributed by atoms with Gasteiger partial charge in [0.05, 0.1) is 17.7 Å². The fourth-order valence-corrected chi connectivity index (χ4v) is 4.79. The number of likely N-dealkylation sites (N-methyl/N-ethyl adjacent to an activating group) is 1. The summed E-state index contributed by atoms with van der Waals surface area (Å²) in [6.45, 7) is 2.04. The lowest BCUT2D eigenvalue weighted by molar-refractivity contribution is -0.121. The Morgan fingerprint density at radius 3 is 2.62 bits per heavy atom. The Balaban J connectivity index is 1.58. The van der Waals surface area contributed by atoms with Crippen LogP contribution < -0.4 is 4.74 Å². The summed E-state index contributed by atoms with van der Waals surface area (Å²) in [6.07, 6.45) is 1.94. The van der Waals surface area contributed by atoms with E-state index < -0.39 is 0 Å². The number of amides is 1. The summed E-state index contributed by atoms with van der Waals surface area (Å²) in [6, 6.07) is 18.0. The lowest BCUT2D eigenvalue weighted by atomic mass is 10.1. The van der Waals surface area contributed by atoms with Crippen LogP contribution in [-0.4, -0.2) is 30.1 Å². The molecule has 4 nitrogen and oxygen atoms in total. The van der Waals surface area contributed by atoms with E-state index in [1.54, 1.807) is 30.4 Å². The second kappa shape index (κ2) is 8.27. The topological polar surface area (TPSA) is 41.9 Å². The van der Waals surface area contributed by atoms with Gasteiger partial charge in [-0.2, -0.15) is 0 Å². The average molecular weight is 421 g/mol. The molecule has 6 heteroatoms. The van der Waals surface area contributed by atoms with Gasteiger partial charge in [-0.25, -0.2) is 4.99 Å². The third kappa shape index (κ3) is 4.28. The number of aryl methyl sites for hydroxylation is 1. The molecule has 0 bridgehead atoms. The van der Waals surface area contributed by atoms with Crippen molar-refractivity contribution in [3.63, 3.8) is 0 Å². The molecular formula is C23H20N2O2S2. The molecule has 1 aliphatic rings. The monoisotopic (exact) mass is 420 g/mol. The van der Waals surface area contributed by atoms with Crippen LogP contribution in [0.25, 0.3) is 17.2 Å². The van der Waals surface area contributed by atoms with Crippen LogP contribution >= 0.6 is 23.1 Å². The summed E-state index contributed by atoms with van der Waals surface area (Å²) >= 11 is 3.02. The van der Waals surface area contributed by atoms with Gasteiger partial charge in [-0.15, -0.1) is 11.3 Å². The zero-order chi connectivity index (χ0) is 20.4. The number of ether oxygens (including phenoxy) is 1. The first kappa shape index (κ1) is 19.5. The van der Waals surface area contributed by atoms with Crippen molar-refractivity contribution in [2.24, 2.45) is 4.99 Å². The third-order valence-electron chi connectivity index (χ3n) is 4.56. The van der Waals surface area contributed by atoms with Crippen molar-refractivity contribution in [3.8, 4) is 16.9 Å². The highest BCUT2D eigenvalue weighted by Crippen LogP contribution is 2.35. The molecule has 1 fully saturated rings. The number of hydrogen-bond acceptors (Lipinski definition) is 5. The molecule has 2 aromatic carbocycles. The number of carbonyl (C=O) groups excluding carboxylic acids is 1. The standard InChI is InChI=1S/C23H20N2O2S2/c1-15-7-9-18(10-8-15)24-23-25(2)22(26)21(29-23)13-20-12-17(14-28-20)16-5-4-6-19(11-16)27-3/h4-14H,1-3H3/b21-13-,24-23?. The van der Waals surface area contributed by atoms with Gasteiger partial charge in [0, 0.05) is 11.9 Å². The van der Waals surface area contributed by atoms with Crippen LogP contribution in [0.1, 0.15) is 10.4 Å². The van der Waals surface area contributed by atoms with E-state index in [4.69, 9.17) is 4.74 Å². The van der Waals surface area contributed by atoms with E-state index in [0.717, 1.165) is 27.4 Å². The maximum absolute atomic E-state index is 12.7. The Kier molecular flexibility index (Phi) is 5.56. The van der Waals surface area contributed by atoms with E-state index in [9.17, 15) is 4.79 Å². The van der Waals surface area contributed by atoms with E-state index in [2.05, 4.69) is 22.5 Å². The molecule has 1 saturated heterocycles. The number of methoxy groups -OCH3 is 1. The molecule has 0 unspecified atom stereocenters. The number of thiophene rings is 1. The lowest BCUT2D eigenvalue weighted by Gasteiger charge is -2.07. The number of aliphatic imine (C=N–C) groups is 1. The summed E-state index contributed by atoms with van der Waals surface area (Å²) in [4.78, 5) is 20.6. The quantitative estimate of drug-likeness (QED) is 0.489. The minimum absolute atomic E-state index is 0.0304. The minimum Gasteiger partial charge on any atom is -0.497 e. The second-order valence-electron chi connectivity index (χ2n) is 6.67. The molecule has 0 spiro atoms. The Morgan fingerprint density at radius 1 is 1.07 bits per heavy atom. The summed E-state index contributed by atoms with van der Waals surface area (Å²) in [5, 5.41) is 2.78. The van der Waals surface area contributed by atoms with Crippen LogP contribution in [0.2, 0.25) is 0 Å². The Bertz CT molecular complexity index is 1110. The zero-order valence-electron chi connectivity index (χ0n) is 16.4. The van der Waals surface area contributed by atoms with Crippen molar-refractivity contribution < 1.29 is 9.53 Å². The predicted octanol–water partition coefficient (Wildman–Crippen LogP) is 5.97. The first-order valence-corrected chi connectivity index (χ1v) is 10.8. The number of rotatable bonds is 4. The normalized spacial score (nSPS) is 16.8. The Hall–Kier alpha value is -2.83. The molecule has 1 aliphatic heterocycles. The van der Waals surface area contributed by atoms with Crippen LogP contribution in [0.15, 0.2) is 69.9 Å².